The Morgan fingerprint density at radius 3 is 2.81 bits per heavy atom. The van der Waals surface area contributed by atoms with Gasteiger partial charge >= 0.3 is 5.69 Å². The molecule has 0 radical (unpaired) electrons. The SMILES string of the molecule is CNc1sc(S(=O)(=O)NCCc2ncc[nH]2)cc1[N+](=O)[O-]. The molecule has 2 aromatic heterocycles. The fourth-order valence-corrected chi connectivity index (χ4v) is 3.97. The molecule has 0 unspecified atom stereocenters. The third-order valence-corrected chi connectivity index (χ3v) is 5.66. The van der Waals surface area contributed by atoms with Gasteiger partial charge in [-0.2, -0.15) is 0 Å². The molecule has 2 aromatic rings. The molecule has 2 heterocycles. The third kappa shape index (κ3) is 3.56. The predicted octanol–water partition coefficient (Wildman–Crippen LogP) is 0.942. The van der Waals surface area contributed by atoms with E-state index in [-0.39, 0.29) is 21.4 Å². The Kier molecular flexibility index (Phi) is 4.55. The molecular weight excluding hydrogens is 318 g/mol. The smallest absolute Gasteiger partial charge is 0.304 e. The van der Waals surface area contributed by atoms with Crippen LogP contribution in [0, 0.1) is 10.1 Å². The minimum absolute atomic E-state index is 0.0991. The van der Waals surface area contributed by atoms with Crippen molar-refractivity contribution in [3.8, 4) is 0 Å². The molecule has 0 aliphatic rings. The topological polar surface area (TPSA) is 130 Å². The van der Waals surface area contributed by atoms with Crippen molar-refractivity contribution < 1.29 is 13.3 Å². The number of nitrogens with one attached hydrogen (secondary N) is 3. The number of H-pyrrole nitrogens is 1. The predicted molar refractivity (Wildman–Crippen MR) is 78.0 cm³/mol. The van der Waals surface area contributed by atoms with E-state index in [0.29, 0.717) is 12.2 Å². The summed E-state index contributed by atoms with van der Waals surface area (Å²) in [6, 6.07) is 1.05. The number of aromatic nitrogens is 2. The summed E-state index contributed by atoms with van der Waals surface area (Å²) >= 11 is 0.816. The molecule has 0 aliphatic heterocycles. The quantitative estimate of drug-likeness (QED) is 0.511. The lowest BCUT2D eigenvalue weighted by Gasteiger charge is -2.02. The van der Waals surface area contributed by atoms with Crippen LogP contribution in [0.2, 0.25) is 0 Å². The van der Waals surface area contributed by atoms with E-state index < -0.39 is 14.9 Å². The van der Waals surface area contributed by atoms with Gasteiger partial charge in [-0.1, -0.05) is 11.3 Å². The highest BCUT2D eigenvalue weighted by Gasteiger charge is 2.25. The van der Waals surface area contributed by atoms with Crippen molar-refractivity contribution in [2.45, 2.75) is 10.6 Å². The normalized spacial score (nSPS) is 11.5. The van der Waals surface area contributed by atoms with E-state index in [2.05, 4.69) is 20.0 Å². The van der Waals surface area contributed by atoms with Gasteiger partial charge in [-0.3, -0.25) is 10.1 Å². The summed E-state index contributed by atoms with van der Waals surface area (Å²) in [6.07, 6.45) is 3.62. The number of thiophene rings is 1. The fraction of sp³-hybridized carbons (Fsp3) is 0.300. The Morgan fingerprint density at radius 1 is 1.52 bits per heavy atom. The van der Waals surface area contributed by atoms with E-state index in [4.69, 9.17) is 0 Å². The molecular formula is C10H13N5O4S2. The fourth-order valence-electron chi connectivity index (χ4n) is 1.62. The van der Waals surface area contributed by atoms with Crippen molar-refractivity contribution in [2.24, 2.45) is 0 Å². The second kappa shape index (κ2) is 6.20. The van der Waals surface area contributed by atoms with Crippen LogP contribution in [0.5, 0.6) is 0 Å². The number of hydrogen-bond donors (Lipinski definition) is 3. The zero-order chi connectivity index (χ0) is 15.5. The molecule has 3 N–H and O–H groups in total. The van der Waals surface area contributed by atoms with Gasteiger partial charge in [0.25, 0.3) is 0 Å². The summed E-state index contributed by atoms with van der Waals surface area (Å²) in [4.78, 5) is 17.0. The van der Waals surface area contributed by atoms with Crippen LogP contribution in [-0.2, 0) is 16.4 Å². The maximum absolute atomic E-state index is 12.1. The summed E-state index contributed by atoms with van der Waals surface area (Å²) in [5.41, 5.74) is -0.256. The minimum Gasteiger partial charge on any atom is -0.374 e. The van der Waals surface area contributed by atoms with Crippen molar-refractivity contribution >= 4 is 32.0 Å². The van der Waals surface area contributed by atoms with Crippen molar-refractivity contribution in [3.63, 3.8) is 0 Å². The molecule has 114 valence electrons. The first-order chi connectivity index (χ1) is 9.94. The molecule has 0 aliphatic carbocycles. The van der Waals surface area contributed by atoms with Crippen molar-refractivity contribution in [1.29, 1.82) is 0 Å². The third-order valence-electron chi connectivity index (χ3n) is 2.59. The Balaban J connectivity index is 2.10. The Morgan fingerprint density at radius 2 is 2.29 bits per heavy atom. The van der Waals surface area contributed by atoms with Gasteiger partial charge in [0.15, 0.2) is 5.00 Å². The van der Waals surface area contributed by atoms with Crippen LogP contribution < -0.4 is 10.0 Å². The number of nitro groups is 1. The Hall–Kier alpha value is -1.98. The van der Waals surface area contributed by atoms with E-state index in [1.165, 1.54) is 7.05 Å². The van der Waals surface area contributed by atoms with Crippen LogP contribution in [0.3, 0.4) is 0 Å². The number of anilines is 1. The van der Waals surface area contributed by atoms with Crippen LogP contribution in [0.25, 0.3) is 0 Å². The number of nitrogens with zero attached hydrogens (tertiary/aromatic N) is 2. The summed E-state index contributed by atoms with van der Waals surface area (Å²) in [7, 11) is -2.28. The number of rotatable bonds is 7. The van der Waals surface area contributed by atoms with Gasteiger partial charge in [-0.15, -0.1) is 0 Å². The van der Waals surface area contributed by atoms with Crippen molar-refractivity contribution in [1.82, 2.24) is 14.7 Å². The van der Waals surface area contributed by atoms with Gasteiger partial charge in [-0.25, -0.2) is 18.1 Å². The lowest BCUT2D eigenvalue weighted by Crippen LogP contribution is -2.25. The van der Waals surface area contributed by atoms with E-state index in [1.807, 2.05) is 0 Å². The number of imidazole rings is 1. The van der Waals surface area contributed by atoms with Gasteiger partial charge in [0, 0.05) is 38.5 Å². The van der Waals surface area contributed by atoms with Crippen LogP contribution in [0.4, 0.5) is 10.7 Å². The molecule has 0 saturated heterocycles. The van der Waals surface area contributed by atoms with Crippen LogP contribution in [0.15, 0.2) is 22.7 Å². The monoisotopic (exact) mass is 331 g/mol. The van der Waals surface area contributed by atoms with Crippen molar-refractivity contribution in [3.05, 3.63) is 34.4 Å². The van der Waals surface area contributed by atoms with E-state index in [1.54, 1.807) is 12.4 Å². The Bertz CT molecular complexity index is 723. The van der Waals surface area contributed by atoms with Gasteiger partial charge in [0.2, 0.25) is 10.0 Å². The second-order valence-corrected chi connectivity index (χ2v) is 7.02. The molecule has 0 spiro atoms. The first-order valence-corrected chi connectivity index (χ1v) is 8.18. The number of aromatic amines is 1. The highest BCUT2D eigenvalue weighted by atomic mass is 32.2. The van der Waals surface area contributed by atoms with Crippen molar-refractivity contribution in [2.75, 3.05) is 18.9 Å². The maximum atomic E-state index is 12.1. The molecule has 0 atom stereocenters. The minimum atomic E-state index is -3.78. The standard InChI is InChI=1S/C10H13N5O4S2/c1-11-10-7(15(16)17)6-9(20-10)21(18,19)14-3-2-8-12-4-5-13-8/h4-6,11,14H,2-3H2,1H3,(H,12,13). The van der Waals surface area contributed by atoms with E-state index in [0.717, 1.165) is 17.4 Å². The van der Waals surface area contributed by atoms with E-state index in [9.17, 15) is 18.5 Å². The average molecular weight is 331 g/mol. The summed E-state index contributed by atoms with van der Waals surface area (Å²) < 4.78 is 26.5. The molecule has 21 heavy (non-hydrogen) atoms. The molecule has 0 amide bonds. The second-order valence-electron chi connectivity index (χ2n) is 3.97. The number of sulfonamides is 1. The Labute approximate surface area is 124 Å². The summed E-state index contributed by atoms with van der Waals surface area (Å²) in [5, 5.41) is 13.7. The highest BCUT2D eigenvalue weighted by Crippen LogP contribution is 2.36. The zero-order valence-electron chi connectivity index (χ0n) is 11.0. The lowest BCUT2D eigenvalue weighted by molar-refractivity contribution is -0.383. The molecule has 9 nitrogen and oxygen atoms in total. The average Bonchev–Trinajstić information content (AvgIpc) is 3.07. The van der Waals surface area contributed by atoms with Gasteiger partial charge in [0.05, 0.1) is 4.92 Å². The lowest BCUT2D eigenvalue weighted by atomic mass is 10.4. The van der Waals surface area contributed by atoms with Crippen LogP contribution >= 0.6 is 11.3 Å². The van der Waals surface area contributed by atoms with Gasteiger partial charge in [0.1, 0.15) is 10.0 Å². The molecule has 0 fully saturated rings. The molecule has 0 bridgehead atoms. The highest BCUT2D eigenvalue weighted by molar-refractivity contribution is 7.91. The zero-order valence-corrected chi connectivity index (χ0v) is 12.6. The maximum Gasteiger partial charge on any atom is 0.304 e. The van der Waals surface area contributed by atoms with Crippen LogP contribution in [-0.4, -0.2) is 36.9 Å². The molecule has 2 rings (SSSR count). The summed E-state index contributed by atoms with van der Waals surface area (Å²) in [6.45, 7) is 0.149. The molecule has 0 aromatic carbocycles. The largest absolute Gasteiger partial charge is 0.374 e. The van der Waals surface area contributed by atoms with E-state index >= 15 is 0 Å². The first-order valence-electron chi connectivity index (χ1n) is 5.88. The van der Waals surface area contributed by atoms with Crippen LogP contribution in [0.1, 0.15) is 5.82 Å². The first kappa shape index (κ1) is 15.4. The van der Waals surface area contributed by atoms with Gasteiger partial charge in [-0.05, 0) is 0 Å². The molecule has 11 heteroatoms. The molecule has 0 saturated carbocycles. The van der Waals surface area contributed by atoms with Gasteiger partial charge < -0.3 is 10.3 Å². The number of hydrogen-bond acceptors (Lipinski definition) is 7. The summed E-state index contributed by atoms with van der Waals surface area (Å²) in [5.74, 6) is 0.658.